The first-order valence-corrected chi connectivity index (χ1v) is 8.18. The topological polar surface area (TPSA) is 30.5 Å². The van der Waals surface area contributed by atoms with Gasteiger partial charge in [0.15, 0.2) is 0 Å². The molecule has 3 nitrogen and oxygen atoms in total. The van der Waals surface area contributed by atoms with Crippen LogP contribution in [-0.4, -0.2) is 25.9 Å². The Balaban J connectivity index is 2.03. The molecule has 0 saturated carbocycles. The summed E-state index contributed by atoms with van der Waals surface area (Å²) in [6.07, 6.45) is 4.90. The minimum Gasteiger partial charge on any atom is -0.382 e. The average Bonchev–Trinajstić information content (AvgIpc) is 2.44. The van der Waals surface area contributed by atoms with Gasteiger partial charge in [0.2, 0.25) is 0 Å². The molecular weight excluding hydrogens is 318 g/mol. The number of anilines is 1. The molecule has 1 aliphatic rings. The zero-order valence-corrected chi connectivity index (χ0v) is 13.9. The zero-order valence-electron chi connectivity index (χ0n) is 12.3. The SMILES string of the molecule is CCCC1CC(Nc2cccc(Br)c2COC)CCO1. The Kier molecular flexibility index (Phi) is 6.33. The number of rotatable bonds is 6. The van der Waals surface area contributed by atoms with E-state index in [1.54, 1.807) is 7.11 Å². The van der Waals surface area contributed by atoms with Gasteiger partial charge in [-0.25, -0.2) is 0 Å². The van der Waals surface area contributed by atoms with Crippen molar-refractivity contribution >= 4 is 21.6 Å². The van der Waals surface area contributed by atoms with E-state index in [9.17, 15) is 0 Å². The lowest BCUT2D eigenvalue weighted by Gasteiger charge is -2.31. The Hall–Kier alpha value is -0.580. The second kappa shape index (κ2) is 8.01. The van der Waals surface area contributed by atoms with Crippen molar-refractivity contribution < 1.29 is 9.47 Å². The van der Waals surface area contributed by atoms with Gasteiger partial charge in [0.05, 0.1) is 12.7 Å². The highest BCUT2D eigenvalue weighted by atomic mass is 79.9. The van der Waals surface area contributed by atoms with E-state index in [0.29, 0.717) is 18.8 Å². The first-order chi connectivity index (χ1) is 9.74. The van der Waals surface area contributed by atoms with Gasteiger partial charge in [-0.1, -0.05) is 35.3 Å². The van der Waals surface area contributed by atoms with Crippen molar-refractivity contribution in [3.63, 3.8) is 0 Å². The number of ether oxygens (including phenoxy) is 2. The maximum absolute atomic E-state index is 5.81. The van der Waals surface area contributed by atoms with E-state index in [1.165, 1.54) is 17.7 Å². The van der Waals surface area contributed by atoms with E-state index in [1.807, 2.05) is 0 Å². The molecule has 0 amide bonds. The molecule has 1 aliphatic heterocycles. The second-order valence-electron chi connectivity index (χ2n) is 5.35. The third kappa shape index (κ3) is 4.21. The Morgan fingerprint density at radius 2 is 2.30 bits per heavy atom. The summed E-state index contributed by atoms with van der Waals surface area (Å²) >= 11 is 3.60. The summed E-state index contributed by atoms with van der Waals surface area (Å²) in [4.78, 5) is 0. The summed E-state index contributed by atoms with van der Waals surface area (Å²) in [5, 5.41) is 3.67. The molecule has 20 heavy (non-hydrogen) atoms. The smallest absolute Gasteiger partial charge is 0.0744 e. The second-order valence-corrected chi connectivity index (χ2v) is 6.20. The Labute approximate surface area is 130 Å². The molecule has 1 saturated heterocycles. The summed E-state index contributed by atoms with van der Waals surface area (Å²) in [6, 6.07) is 6.74. The Morgan fingerprint density at radius 3 is 3.05 bits per heavy atom. The maximum atomic E-state index is 5.81. The molecule has 112 valence electrons. The van der Waals surface area contributed by atoms with Gasteiger partial charge < -0.3 is 14.8 Å². The monoisotopic (exact) mass is 341 g/mol. The highest BCUT2D eigenvalue weighted by Gasteiger charge is 2.22. The van der Waals surface area contributed by atoms with Crippen molar-refractivity contribution in [2.24, 2.45) is 0 Å². The fourth-order valence-corrected chi connectivity index (χ4v) is 3.22. The van der Waals surface area contributed by atoms with Crippen molar-refractivity contribution in [3.8, 4) is 0 Å². The highest BCUT2D eigenvalue weighted by Crippen LogP contribution is 2.28. The van der Waals surface area contributed by atoms with Crippen molar-refractivity contribution in [1.29, 1.82) is 0 Å². The lowest BCUT2D eigenvalue weighted by molar-refractivity contribution is 0.00595. The lowest BCUT2D eigenvalue weighted by Crippen LogP contribution is -2.34. The zero-order chi connectivity index (χ0) is 14.4. The molecule has 2 rings (SSSR count). The van der Waals surface area contributed by atoms with E-state index >= 15 is 0 Å². The van der Waals surface area contributed by atoms with Crippen LogP contribution in [0.2, 0.25) is 0 Å². The van der Waals surface area contributed by atoms with Gasteiger partial charge in [0.1, 0.15) is 0 Å². The molecule has 2 atom stereocenters. The molecule has 0 aliphatic carbocycles. The molecule has 1 fully saturated rings. The molecule has 0 radical (unpaired) electrons. The molecular formula is C16H24BrNO2. The molecule has 1 aromatic rings. The molecule has 1 N–H and O–H groups in total. The third-order valence-corrected chi connectivity index (χ3v) is 4.49. The van der Waals surface area contributed by atoms with Crippen LogP contribution >= 0.6 is 15.9 Å². The van der Waals surface area contributed by atoms with Gasteiger partial charge in [-0.3, -0.25) is 0 Å². The van der Waals surface area contributed by atoms with Crippen LogP contribution < -0.4 is 5.32 Å². The van der Waals surface area contributed by atoms with E-state index in [0.717, 1.165) is 30.3 Å². The quantitative estimate of drug-likeness (QED) is 0.833. The predicted octanol–water partition coefficient (Wildman–Crippen LogP) is 4.36. The van der Waals surface area contributed by atoms with Crippen LogP contribution in [0.25, 0.3) is 0 Å². The van der Waals surface area contributed by atoms with Crippen LogP contribution in [0.15, 0.2) is 22.7 Å². The number of hydrogen-bond acceptors (Lipinski definition) is 3. The first-order valence-electron chi connectivity index (χ1n) is 7.39. The summed E-state index contributed by atoms with van der Waals surface area (Å²) in [5.41, 5.74) is 2.36. The standard InChI is InChI=1S/C16H24BrNO2/c1-3-5-13-10-12(8-9-20-13)18-16-7-4-6-15(17)14(16)11-19-2/h4,6-7,12-13,18H,3,5,8-11H2,1-2H3. The summed E-state index contributed by atoms with van der Waals surface area (Å²) < 4.78 is 12.2. The number of nitrogens with one attached hydrogen (secondary N) is 1. The van der Waals surface area contributed by atoms with Gasteiger partial charge in [0, 0.05) is 35.5 Å². The first kappa shape index (κ1) is 15.8. The summed E-state index contributed by atoms with van der Waals surface area (Å²) in [5.74, 6) is 0. The molecule has 1 aromatic carbocycles. The fraction of sp³-hybridized carbons (Fsp3) is 0.625. The average molecular weight is 342 g/mol. The Bertz CT molecular complexity index is 423. The molecule has 4 heteroatoms. The highest BCUT2D eigenvalue weighted by molar-refractivity contribution is 9.10. The normalized spacial score (nSPS) is 22.8. The van der Waals surface area contributed by atoms with Crippen molar-refractivity contribution in [1.82, 2.24) is 0 Å². The molecule has 2 unspecified atom stereocenters. The number of methoxy groups -OCH3 is 1. The Morgan fingerprint density at radius 1 is 1.45 bits per heavy atom. The van der Waals surface area contributed by atoms with Crippen LogP contribution in [-0.2, 0) is 16.1 Å². The van der Waals surface area contributed by atoms with Crippen molar-refractivity contribution in [2.45, 2.75) is 51.4 Å². The largest absolute Gasteiger partial charge is 0.382 e. The van der Waals surface area contributed by atoms with Gasteiger partial charge in [0.25, 0.3) is 0 Å². The molecule has 0 spiro atoms. The molecule has 1 heterocycles. The third-order valence-electron chi connectivity index (χ3n) is 3.75. The van der Waals surface area contributed by atoms with Crippen LogP contribution in [0.1, 0.15) is 38.2 Å². The number of halogens is 1. The summed E-state index contributed by atoms with van der Waals surface area (Å²) in [7, 11) is 1.73. The molecule has 0 aromatic heterocycles. The minimum atomic E-state index is 0.407. The van der Waals surface area contributed by atoms with E-state index < -0.39 is 0 Å². The van der Waals surface area contributed by atoms with Crippen LogP contribution in [0, 0.1) is 0 Å². The number of benzene rings is 1. The number of hydrogen-bond donors (Lipinski definition) is 1. The van der Waals surface area contributed by atoms with Crippen LogP contribution in [0.5, 0.6) is 0 Å². The van der Waals surface area contributed by atoms with Gasteiger partial charge >= 0.3 is 0 Å². The summed E-state index contributed by atoms with van der Waals surface area (Å²) in [6.45, 7) is 3.69. The minimum absolute atomic E-state index is 0.407. The maximum Gasteiger partial charge on any atom is 0.0744 e. The van der Waals surface area contributed by atoms with Gasteiger partial charge in [-0.2, -0.15) is 0 Å². The van der Waals surface area contributed by atoms with E-state index in [-0.39, 0.29) is 0 Å². The van der Waals surface area contributed by atoms with Crippen molar-refractivity contribution in [2.75, 3.05) is 19.0 Å². The predicted molar refractivity (Wildman–Crippen MR) is 86.1 cm³/mol. The van der Waals surface area contributed by atoms with Gasteiger partial charge in [-0.05, 0) is 31.4 Å². The van der Waals surface area contributed by atoms with E-state index in [4.69, 9.17) is 9.47 Å². The van der Waals surface area contributed by atoms with Gasteiger partial charge in [-0.15, -0.1) is 0 Å². The van der Waals surface area contributed by atoms with Crippen LogP contribution in [0.4, 0.5) is 5.69 Å². The molecule has 0 bridgehead atoms. The van der Waals surface area contributed by atoms with E-state index in [2.05, 4.69) is 46.4 Å². The van der Waals surface area contributed by atoms with Crippen molar-refractivity contribution in [3.05, 3.63) is 28.2 Å². The fourth-order valence-electron chi connectivity index (χ4n) is 2.74. The van der Waals surface area contributed by atoms with Crippen LogP contribution in [0.3, 0.4) is 0 Å². The lowest BCUT2D eigenvalue weighted by atomic mass is 9.99.